The molecule has 1 unspecified atom stereocenters. The molecule has 1 saturated heterocycles. The number of hydrogen-bond acceptors (Lipinski definition) is 3. The Balaban J connectivity index is 1.31. The van der Waals surface area contributed by atoms with Crippen LogP contribution in [0, 0.1) is 0 Å². The molecule has 0 saturated carbocycles. The van der Waals surface area contributed by atoms with E-state index >= 15 is 0 Å². The Morgan fingerprint density at radius 1 is 0.848 bits per heavy atom. The van der Waals surface area contributed by atoms with Gasteiger partial charge in [0.1, 0.15) is 5.75 Å². The number of carbonyl (C=O) groups is 2. The highest BCUT2D eigenvalue weighted by atomic mass is 16.5. The third kappa shape index (κ3) is 6.45. The summed E-state index contributed by atoms with van der Waals surface area (Å²) in [6, 6.07) is 29.2. The summed E-state index contributed by atoms with van der Waals surface area (Å²) in [7, 11) is 0. The SMILES string of the molecule is O=C(CCc1ccccc1)NC1CCN(C(=O)C(Oc2ccccc2)c2ccccc2)CC1. The molecule has 1 N–H and O–H groups in total. The van der Waals surface area contributed by atoms with Crippen molar-refractivity contribution < 1.29 is 14.3 Å². The number of rotatable bonds is 8. The van der Waals surface area contributed by atoms with Crippen molar-refractivity contribution in [2.75, 3.05) is 13.1 Å². The molecule has 1 atom stereocenters. The number of nitrogens with one attached hydrogen (secondary N) is 1. The molecule has 4 rings (SSSR count). The average Bonchev–Trinajstić information content (AvgIpc) is 2.88. The lowest BCUT2D eigenvalue weighted by atomic mass is 10.0. The number of aryl methyl sites for hydroxylation is 1. The molecule has 0 bridgehead atoms. The highest BCUT2D eigenvalue weighted by molar-refractivity contribution is 5.83. The van der Waals surface area contributed by atoms with Gasteiger partial charge in [-0.15, -0.1) is 0 Å². The quantitative estimate of drug-likeness (QED) is 0.557. The van der Waals surface area contributed by atoms with Gasteiger partial charge in [-0.3, -0.25) is 9.59 Å². The summed E-state index contributed by atoms with van der Waals surface area (Å²) in [5.41, 5.74) is 2.00. The molecule has 3 aromatic rings. The number of benzene rings is 3. The van der Waals surface area contributed by atoms with Crippen LogP contribution in [0.3, 0.4) is 0 Å². The Hall–Kier alpha value is -3.60. The fourth-order valence-corrected chi connectivity index (χ4v) is 4.14. The first-order valence-electron chi connectivity index (χ1n) is 11.6. The molecule has 5 heteroatoms. The molecule has 0 spiro atoms. The number of amides is 2. The van der Waals surface area contributed by atoms with Gasteiger partial charge in [0.05, 0.1) is 0 Å². The number of para-hydroxylation sites is 1. The van der Waals surface area contributed by atoms with Crippen molar-refractivity contribution in [3.63, 3.8) is 0 Å². The van der Waals surface area contributed by atoms with E-state index in [4.69, 9.17) is 4.74 Å². The summed E-state index contributed by atoms with van der Waals surface area (Å²) in [4.78, 5) is 27.6. The number of ether oxygens (including phenoxy) is 1. The van der Waals surface area contributed by atoms with E-state index in [0.717, 1.165) is 24.8 Å². The van der Waals surface area contributed by atoms with Crippen LogP contribution in [0.5, 0.6) is 5.75 Å². The van der Waals surface area contributed by atoms with Crippen molar-refractivity contribution in [3.8, 4) is 5.75 Å². The largest absolute Gasteiger partial charge is 0.476 e. The van der Waals surface area contributed by atoms with Crippen LogP contribution < -0.4 is 10.1 Å². The van der Waals surface area contributed by atoms with Crippen LogP contribution in [0.1, 0.15) is 36.5 Å². The van der Waals surface area contributed by atoms with E-state index in [2.05, 4.69) is 5.32 Å². The van der Waals surface area contributed by atoms with Crippen LogP contribution in [-0.2, 0) is 16.0 Å². The molecule has 170 valence electrons. The van der Waals surface area contributed by atoms with E-state index in [1.165, 1.54) is 5.56 Å². The Labute approximate surface area is 195 Å². The lowest BCUT2D eigenvalue weighted by Gasteiger charge is -2.34. The van der Waals surface area contributed by atoms with E-state index in [1.807, 2.05) is 95.9 Å². The standard InChI is InChI=1S/C28H30N2O3/c31-26(17-16-22-10-4-1-5-11-22)29-24-18-20-30(21-19-24)28(32)27(23-12-6-2-7-13-23)33-25-14-8-3-9-15-25/h1-15,24,27H,16-21H2,(H,29,31). The molecule has 1 heterocycles. The smallest absolute Gasteiger partial charge is 0.268 e. The Morgan fingerprint density at radius 3 is 2.06 bits per heavy atom. The zero-order chi connectivity index (χ0) is 22.9. The van der Waals surface area contributed by atoms with Gasteiger partial charge in [-0.1, -0.05) is 78.9 Å². The van der Waals surface area contributed by atoms with Crippen LogP contribution in [0.15, 0.2) is 91.0 Å². The van der Waals surface area contributed by atoms with Gasteiger partial charge in [0, 0.05) is 31.1 Å². The average molecular weight is 443 g/mol. The predicted molar refractivity (Wildman–Crippen MR) is 129 cm³/mol. The van der Waals surface area contributed by atoms with Crippen LogP contribution in [0.25, 0.3) is 0 Å². The van der Waals surface area contributed by atoms with E-state index in [0.29, 0.717) is 25.3 Å². The number of hydrogen-bond donors (Lipinski definition) is 1. The van der Waals surface area contributed by atoms with E-state index in [-0.39, 0.29) is 17.9 Å². The first kappa shape index (κ1) is 22.6. The summed E-state index contributed by atoms with van der Waals surface area (Å²) >= 11 is 0. The van der Waals surface area contributed by atoms with Crippen LogP contribution in [0.2, 0.25) is 0 Å². The normalized spacial score (nSPS) is 15.0. The monoisotopic (exact) mass is 442 g/mol. The number of piperidine rings is 1. The first-order chi connectivity index (χ1) is 16.2. The van der Waals surface area contributed by atoms with Crippen molar-refractivity contribution in [1.82, 2.24) is 10.2 Å². The maximum absolute atomic E-state index is 13.4. The minimum atomic E-state index is -0.689. The van der Waals surface area contributed by atoms with E-state index in [9.17, 15) is 9.59 Å². The Bertz CT molecular complexity index is 1020. The second-order valence-electron chi connectivity index (χ2n) is 8.37. The summed E-state index contributed by atoms with van der Waals surface area (Å²) in [6.07, 6.45) is 2.01. The van der Waals surface area contributed by atoms with Gasteiger partial charge < -0.3 is 15.0 Å². The molecule has 0 aliphatic carbocycles. The maximum Gasteiger partial charge on any atom is 0.268 e. The van der Waals surface area contributed by atoms with Gasteiger partial charge in [0.25, 0.3) is 5.91 Å². The zero-order valence-corrected chi connectivity index (χ0v) is 18.7. The molecular weight excluding hydrogens is 412 g/mol. The Kier molecular flexibility index (Phi) is 7.75. The fraction of sp³-hybridized carbons (Fsp3) is 0.286. The summed E-state index contributed by atoms with van der Waals surface area (Å²) in [5, 5.41) is 3.14. The third-order valence-corrected chi connectivity index (χ3v) is 5.98. The molecule has 5 nitrogen and oxygen atoms in total. The highest BCUT2D eigenvalue weighted by Crippen LogP contribution is 2.25. The van der Waals surface area contributed by atoms with Crippen molar-refractivity contribution in [2.45, 2.75) is 37.8 Å². The molecule has 1 fully saturated rings. The minimum absolute atomic E-state index is 0.0427. The predicted octanol–water partition coefficient (Wildman–Crippen LogP) is 4.55. The van der Waals surface area contributed by atoms with Crippen LogP contribution in [-0.4, -0.2) is 35.8 Å². The topological polar surface area (TPSA) is 58.6 Å². The number of likely N-dealkylation sites (tertiary alicyclic amines) is 1. The van der Waals surface area contributed by atoms with E-state index < -0.39 is 6.10 Å². The van der Waals surface area contributed by atoms with Gasteiger partial charge >= 0.3 is 0 Å². The molecule has 1 aliphatic heterocycles. The van der Waals surface area contributed by atoms with Crippen molar-refractivity contribution in [3.05, 3.63) is 102 Å². The second-order valence-corrected chi connectivity index (χ2v) is 8.37. The maximum atomic E-state index is 13.4. The number of carbonyl (C=O) groups excluding carboxylic acids is 2. The lowest BCUT2D eigenvalue weighted by Crippen LogP contribution is -2.48. The molecule has 0 aromatic heterocycles. The summed E-state index contributed by atoms with van der Waals surface area (Å²) in [5.74, 6) is 0.692. The minimum Gasteiger partial charge on any atom is -0.476 e. The van der Waals surface area contributed by atoms with Gasteiger partial charge in [0.15, 0.2) is 0 Å². The van der Waals surface area contributed by atoms with Gasteiger partial charge in [-0.25, -0.2) is 0 Å². The fourth-order valence-electron chi connectivity index (χ4n) is 4.14. The Morgan fingerprint density at radius 2 is 1.42 bits per heavy atom. The van der Waals surface area contributed by atoms with Crippen LogP contribution in [0.4, 0.5) is 0 Å². The van der Waals surface area contributed by atoms with Crippen LogP contribution >= 0.6 is 0 Å². The van der Waals surface area contributed by atoms with Gasteiger partial charge in [0.2, 0.25) is 12.0 Å². The molecule has 3 aromatic carbocycles. The second kappa shape index (κ2) is 11.3. The van der Waals surface area contributed by atoms with E-state index in [1.54, 1.807) is 0 Å². The molecule has 33 heavy (non-hydrogen) atoms. The van der Waals surface area contributed by atoms with Gasteiger partial charge in [-0.05, 0) is 37.0 Å². The molecular formula is C28H30N2O3. The van der Waals surface area contributed by atoms with Crippen molar-refractivity contribution in [1.29, 1.82) is 0 Å². The summed E-state index contributed by atoms with van der Waals surface area (Å²) < 4.78 is 6.12. The van der Waals surface area contributed by atoms with Crippen molar-refractivity contribution >= 4 is 11.8 Å². The molecule has 2 amide bonds. The number of nitrogens with zero attached hydrogens (tertiary/aromatic N) is 1. The molecule has 0 radical (unpaired) electrons. The third-order valence-electron chi connectivity index (χ3n) is 5.98. The van der Waals surface area contributed by atoms with Crippen molar-refractivity contribution in [2.24, 2.45) is 0 Å². The highest BCUT2D eigenvalue weighted by Gasteiger charge is 2.31. The zero-order valence-electron chi connectivity index (χ0n) is 18.7. The summed E-state index contributed by atoms with van der Waals surface area (Å²) in [6.45, 7) is 1.20. The lowest BCUT2D eigenvalue weighted by molar-refractivity contribution is -0.140. The first-order valence-corrected chi connectivity index (χ1v) is 11.6. The molecule has 1 aliphatic rings. The van der Waals surface area contributed by atoms with Gasteiger partial charge in [-0.2, -0.15) is 0 Å².